The fourth-order valence-electron chi connectivity index (χ4n) is 2.15. The van der Waals surface area contributed by atoms with Gasteiger partial charge < -0.3 is 20.2 Å². The lowest BCUT2D eigenvalue weighted by Crippen LogP contribution is -2.32. The number of aliphatic hydroxyl groups excluding tert-OH is 2. The lowest BCUT2D eigenvalue weighted by molar-refractivity contribution is 0.100. The van der Waals surface area contributed by atoms with Gasteiger partial charge in [0.25, 0.3) is 0 Å². The third-order valence-electron chi connectivity index (χ3n) is 3.07. The lowest BCUT2D eigenvalue weighted by atomic mass is 10.1. The predicted octanol–water partition coefficient (Wildman–Crippen LogP) is 0.416. The molecule has 1 aliphatic heterocycles. The number of aliphatic hydroxyl groups is 2. The molecule has 0 saturated carbocycles. The number of aromatic hydroxyl groups is 1. The smallest absolute Gasteiger partial charge is 0.123 e. The molecule has 0 saturated heterocycles. The molecule has 0 bridgehead atoms. The molecule has 0 aliphatic carbocycles. The summed E-state index contributed by atoms with van der Waals surface area (Å²) >= 11 is 0. The van der Waals surface area contributed by atoms with Crippen molar-refractivity contribution in [2.45, 2.75) is 19.4 Å². The SMILES string of the molecule is Cc1ccc2c(c1O)CCN2CC(O)CO. The first kappa shape index (κ1) is 11.2. The van der Waals surface area contributed by atoms with Gasteiger partial charge in [-0.2, -0.15) is 0 Å². The van der Waals surface area contributed by atoms with Crippen LogP contribution < -0.4 is 4.90 Å². The molecule has 0 aromatic heterocycles. The summed E-state index contributed by atoms with van der Waals surface area (Å²) in [7, 11) is 0. The van der Waals surface area contributed by atoms with Crippen LogP contribution in [0.15, 0.2) is 12.1 Å². The minimum absolute atomic E-state index is 0.232. The van der Waals surface area contributed by atoms with Crippen molar-refractivity contribution in [2.75, 3.05) is 24.6 Å². The molecule has 1 atom stereocenters. The van der Waals surface area contributed by atoms with E-state index in [0.29, 0.717) is 12.3 Å². The van der Waals surface area contributed by atoms with Crippen LogP contribution in [0, 0.1) is 6.92 Å². The van der Waals surface area contributed by atoms with Gasteiger partial charge in [0.1, 0.15) is 5.75 Å². The lowest BCUT2D eigenvalue weighted by Gasteiger charge is -2.22. The molecule has 1 aliphatic rings. The number of fused-ring (bicyclic) bond motifs is 1. The number of anilines is 1. The number of hydrogen-bond acceptors (Lipinski definition) is 4. The zero-order valence-electron chi connectivity index (χ0n) is 9.35. The van der Waals surface area contributed by atoms with Crippen molar-refractivity contribution in [3.8, 4) is 5.75 Å². The minimum Gasteiger partial charge on any atom is -0.507 e. The van der Waals surface area contributed by atoms with E-state index in [-0.39, 0.29) is 6.61 Å². The Morgan fingerprint density at radius 3 is 2.88 bits per heavy atom. The van der Waals surface area contributed by atoms with Crippen LogP contribution in [0.4, 0.5) is 5.69 Å². The molecule has 4 heteroatoms. The number of phenols is 1. The summed E-state index contributed by atoms with van der Waals surface area (Å²) in [5.74, 6) is 0.360. The molecule has 0 amide bonds. The molecule has 3 N–H and O–H groups in total. The second-order valence-electron chi connectivity index (χ2n) is 4.26. The number of hydrogen-bond donors (Lipinski definition) is 3. The van der Waals surface area contributed by atoms with Gasteiger partial charge in [0.05, 0.1) is 12.7 Å². The van der Waals surface area contributed by atoms with Crippen molar-refractivity contribution in [1.29, 1.82) is 0 Å². The molecule has 16 heavy (non-hydrogen) atoms. The zero-order valence-corrected chi connectivity index (χ0v) is 9.35. The Bertz CT molecular complexity index is 392. The van der Waals surface area contributed by atoms with Gasteiger partial charge >= 0.3 is 0 Å². The third-order valence-corrected chi connectivity index (χ3v) is 3.07. The van der Waals surface area contributed by atoms with E-state index in [2.05, 4.69) is 0 Å². The maximum Gasteiger partial charge on any atom is 0.123 e. The average molecular weight is 223 g/mol. The zero-order chi connectivity index (χ0) is 11.7. The molecule has 0 spiro atoms. The van der Waals surface area contributed by atoms with Crippen molar-refractivity contribution in [3.63, 3.8) is 0 Å². The van der Waals surface area contributed by atoms with Crippen LogP contribution in [0.3, 0.4) is 0 Å². The Hall–Kier alpha value is -1.26. The fraction of sp³-hybridized carbons (Fsp3) is 0.500. The standard InChI is InChI=1S/C12H17NO3/c1-8-2-3-11-10(12(8)16)4-5-13(11)6-9(15)7-14/h2-3,9,14-16H,4-7H2,1H3. The Morgan fingerprint density at radius 1 is 1.44 bits per heavy atom. The van der Waals surface area contributed by atoms with Gasteiger partial charge in [-0.3, -0.25) is 0 Å². The van der Waals surface area contributed by atoms with Gasteiger partial charge in [0, 0.05) is 24.3 Å². The van der Waals surface area contributed by atoms with E-state index < -0.39 is 6.10 Å². The molecule has 1 heterocycles. The third kappa shape index (κ3) is 1.86. The van der Waals surface area contributed by atoms with Gasteiger partial charge in [-0.15, -0.1) is 0 Å². The van der Waals surface area contributed by atoms with E-state index in [1.165, 1.54) is 0 Å². The quantitative estimate of drug-likeness (QED) is 0.694. The number of rotatable bonds is 3. The van der Waals surface area contributed by atoms with Crippen LogP contribution in [0.1, 0.15) is 11.1 Å². The summed E-state index contributed by atoms with van der Waals surface area (Å²) in [6, 6.07) is 3.83. The van der Waals surface area contributed by atoms with Crippen molar-refractivity contribution >= 4 is 5.69 Å². The van der Waals surface area contributed by atoms with Gasteiger partial charge in [-0.05, 0) is 25.0 Å². The monoisotopic (exact) mass is 223 g/mol. The van der Waals surface area contributed by atoms with Crippen molar-refractivity contribution < 1.29 is 15.3 Å². The van der Waals surface area contributed by atoms with Gasteiger partial charge in [-0.1, -0.05) is 6.07 Å². The van der Waals surface area contributed by atoms with E-state index in [9.17, 15) is 10.2 Å². The Labute approximate surface area is 94.8 Å². The molecule has 0 radical (unpaired) electrons. The number of aryl methyl sites for hydroxylation is 1. The summed E-state index contributed by atoms with van der Waals surface area (Å²) in [5.41, 5.74) is 2.80. The van der Waals surface area contributed by atoms with E-state index in [4.69, 9.17) is 5.11 Å². The van der Waals surface area contributed by atoms with E-state index in [1.54, 1.807) is 0 Å². The van der Waals surface area contributed by atoms with Gasteiger partial charge in [-0.25, -0.2) is 0 Å². The number of phenolic OH excluding ortho intramolecular Hbond substituents is 1. The Morgan fingerprint density at radius 2 is 2.19 bits per heavy atom. The fourth-order valence-corrected chi connectivity index (χ4v) is 2.15. The van der Waals surface area contributed by atoms with E-state index >= 15 is 0 Å². The van der Waals surface area contributed by atoms with Crippen molar-refractivity contribution in [2.24, 2.45) is 0 Å². The van der Waals surface area contributed by atoms with E-state index in [0.717, 1.165) is 29.8 Å². The first-order chi connectivity index (χ1) is 7.63. The summed E-state index contributed by atoms with van der Waals surface area (Å²) in [4.78, 5) is 2.00. The minimum atomic E-state index is -0.727. The van der Waals surface area contributed by atoms with Crippen LogP contribution in [0.5, 0.6) is 5.75 Å². The van der Waals surface area contributed by atoms with Crippen molar-refractivity contribution in [1.82, 2.24) is 0 Å². The van der Waals surface area contributed by atoms with Crippen molar-refractivity contribution in [3.05, 3.63) is 23.3 Å². The summed E-state index contributed by atoms with van der Waals surface area (Å²) in [6.07, 6.45) is 0.0652. The van der Waals surface area contributed by atoms with Crippen LogP contribution in [0.2, 0.25) is 0 Å². The molecular formula is C12H17NO3. The van der Waals surface area contributed by atoms with Crippen LogP contribution in [-0.2, 0) is 6.42 Å². The highest BCUT2D eigenvalue weighted by Gasteiger charge is 2.24. The van der Waals surface area contributed by atoms with Crippen LogP contribution in [0.25, 0.3) is 0 Å². The number of nitrogens with zero attached hydrogens (tertiary/aromatic N) is 1. The van der Waals surface area contributed by atoms with Gasteiger partial charge in [0.15, 0.2) is 0 Å². The summed E-state index contributed by atoms with van der Waals surface area (Å²) in [5, 5.41) is 28.1. The molecule has 1 aromatic rings. The second-order valence-corrected chi connectivity index (χ2v) is 4.26. The summed E-state index contributed by atoms with van der Waals surface area (Å²) in [6.45, 7) is 2.83. The largest absolute Gasteiger partial charge is 0.507 e. The summed E-state index contributed by atoms with van der Waals surface area (Å²) < 4.78 is 0. The second kappa shape index (κ2) is 4.31. The highest BCUT2D eigenvalue weighted by molar-refractivity contribution is 5.64. The average Bonchev–Trinajstić information content (AvgIpc) is 2.67. The highest BCUT2D eigenvalue weighted by Crippen LogP contribution is 2.36. The molecule has 1 aromatic carbocycles. The number of benzene rings is 1. The molecule has 4 nitrogen and oxygen atoms in total. The molecule has 0 fully saturated rings. The first-order valence-electron chi connectivity index (χ1n) is 5.48. The molecule has 1 unspecified atom stereocenters. The maximum atomic E-state index is 9.89. The highest BCUT2D eigenvalue weighted by atomic mass is 16.3. The Kier molecular flexibility index (Phi) is 3.03. The number of β-amino-alcohol motifs (C(OH)–C–C–N with tert-alkyl or cyclic N) is 1. The van der Waals surface area contributed by atoms with Crippen LogP contribution in [-0.4, -0.2) is 41.1 Å². The van der Waals surface area contributed by atoms with E-state index in [1.807, 2.05) is 24.0 Å². The van der Waals surface area contributed by atoms with Crippen LogP contribution >= 0.6 is 0 Å². The first-order valence-corrected chi connectivity index (χ1v) is 5.48. The molecule has 88 valence electrons. The molecular weight excluding hydrogens is 206 g/mol. The maximum absolute atomic E-state index is 9.89. The van der Waals surface area contributed by atoms with Gasteiger partial charge in [0.2, 0.25) is 0 Å². The topological polar surface area (TPSA) is 63.9 Å². The normalized spacial score (nSPS) is 16.3. The molecule has 2 rings (SSSR count). The predicted molar refractivity (Wildman–Crippen MR) is 61.9 cm³/mol. The Balaban J connectivity index is 2.24.